The zero-order chi connectivity index (χ0) is 19.2. The Labute approximate surface area is 177 Å². The molecule has 0 amide bonds. The lowest BCUT2D eigenvalue weighted by atomic mass is 9.87. The summed E-state index contributed by atoms with van der Waals surface area (Å²) in [7, 11) is 0. The van der Waals surface area contributed by atoms with Gasteiger partial charge in [0.05, 0.1) is 49.2 Å². The number of anilines is 2. The summed E-state index contributed by atoms with van der Waals surface area (Å²) in [5, 5.41) is 11.8. The van der Waals surface area contributed by atoms with E-state index in [9.17, 15) is 5.26 Å². The van der Waals surface area contributed by atoms with Crippen LogP contribution in [0.5, 0.6) is 0 Å². The molecular weight excluding hydrogens is 463 g/mol. The maximum atomic E-state index is 9.45. The number of thiophene rings is 1. The van der Waals surface area contributed by atoms with Crippen molar-refractivity contribution in [2.45, 2.75) is 26.2 Å². The van der Waals surface area contributed by atoms with Gasteiger partial charge in [-0.05, 0) is 35.2 Å². The van der Waals surface area contributed by atoms with Crippen molar-refractivity contribution in [1.82, 2.24) is 0 Å². The van der Waals surface area contributed by atoms with E-state index in [-0.39, 0.29) is 5.41 Å². The average Bonchev–Trinajstić information content (AvgIpc) is 3.05. The Kier molecular flexibility index (Phi) is 4.61. The summed E-state index contributed by atoms with van der Waals surface area (Å²) in [5.41, 5.74) is 4.52. The van der Waals surface area contributed by atoms with Crippen LogP contribution in [0.15, 0.2) is 60.7 Å². The van der Waals surface area contributed by atoms with Crippen molar-refractivity contribution in [2.24, 2.45) is 0 Å². The van der Waals surface area contributed by atoms with Crippen LogP contribution in [0, 0.1) is 11.3 Å². The van der Waals surface area contributed by atoms with Crippen LogP contribution in [0.1, 0.15) is 31.9 Å². The number of hydrogen-bond acceptors (Lipinski definition) is 3. The molecule has 0 aliphatic carbocycles. The first kappa shape index (κ1) is 18.3. The van der Waals surface area contributed by atoms with Gasteiger partial charge in [0.2, 0.25) is 0 Å². The van der Waals surface area contributed by atoms with E-state index in [1.807, 2.05) is 12.1 Å². The normalized spacial score (nSPS) is 11.7. The Morgan fingerprint density at radius 3 is 2.15 bits per heavy atom. The molecular formula is C23H19IN2S. The Morgan fingerprint density at radius 2 is 1.52 bits per heavy atom. The summed E-state index contributed by atoms with van der Waals surface area (Å²) in [4.78, 5) is 0. The summed E-state index contributed by atoms with van der Waals surface area (Å²) < 4.78 is 4.48. The third-order valence-electron chi connectivity index (χ3n) is 4.80. The van der Waals surface area contributed by atoms with Crippen LogP contribution in [-0.2, 0) is 5.41 Å². The minimum Gasteiger partial charge on any atom is -0.282 e. The lowest BCUT2D eigenvalue weighted by molar-refractivity contribution is 0.590. The highest BCUT2D eigenvalue weighted by Crippen LogP contribution is 2.43. The Morgan fingerprint density at radius 1 is 0.889 bits per heavy atom. The second-order valence-electron chi connectivity index (χ2n) is 7.63. The molecule has 134 valence electrons. The number of rotatable bonds is 2. The maximum absolute atomic E-state index is 9.45. The van der Waals surface area contributed by atoms with E-state index in [4.69, 9.17) is 0 Å². The molecule has 1 aromatic heterocycles. The topological polar surface area (TPSA) is 27.0 Å². The lowest BCUT2D eigenvalue weighted by Crippen LogP contribution is -2.11. The van der Waals surface area contributed by atoms with Crippen molar-refractivity contribution in [2.75, 3.05) is 3.11 Å². The number of halogens is 1. The fraction of sp³-hybridized carbons (Fsp3) is 0.174. The molecule has 27 heavy (non-hydrogen) atoms. The van der Waals surface area contributed by atoms with Gasteiger partial charge in [-0.1, -0.05) is 57.2 Å². The van der Waals surface area contributed by atoms with Gasteiger partial charge in [0.25, 0.3) is 0 Å². The molecule has 0 aliphatic heterocycles. The number of nitriles is 1. The van der Waals surface area contributed by atoms with Crippen LogP contribution in [0.2, 0.25) is 0 Å². The van der Waals surface area contributed by atoms with Gasteiger partial charge < -0.3 is 0 Å². The predicted octanol–water partition coefficient (Wildman–Crippen LogP) is 7.71. The minimum atomic E-state index is 0.147. The second-order valence-corrected chi connectivity index (χ2v) is 9.61. The zero-order valence-corrected chi connectivity index (χ0v) is 18.4. The summed E-state index contributed by atoms with van der Waals surface area (Å²) in [6.07, 6.45) is 0. The molecule has 4 aromatic rings. The van der Waals surface area contributed by atoms with Gasteiger partial charge in [-0.2, -0.15) is 5.26 Å². The molecule has 0 saturated carbocycles. The molecule has 0 N–H and O–H groups in total. The monoisotopic (exact) mass is 482 g/mol. The quantitative estimate of drug-likeness (QED) is 0.216. The predicted molar refractivity (Wildman–Crippen MR) is 125 cm³/mol. The van der Waals surface area contributed by atoms with Crippen LogP contribution in [0.3, 0.4) is 0 Å². The van der Waals surface area contributed by atoms with E-state index < -0.39 is 0 Å². The number of fused-ring (bicyclic) bond motifs is 3. The first-order chi connectivity index (χ1) is 12.9. The molecule has 4 rings (SSSR count). The molecule has 0 fully saturated rings. The van der Waals surface area contributed by atoms with Crippen molar-refractivity contribution in [3.63, 3.8) is 0 Å². The van der Waals surface area contributed by atoms with E-state index in [0.717, 1.165) is 27.0 Å². The smallest absolute Gasteiger partial charge is 0.101 e. The van der Waals surface area contributed by atoms with Gasteiger partial charge in [-0.15, -0.1) is 11.3 Å². The first-order valence-corrected chi connectivity index (χ1v) is 10.6. The number of hydrogen-bond donors (Lipinski definition) is 0. The minimum absolute atomic E-state index is 0.147. The zero-order valence-electron chi connectivity index (χ0n) is 15.5. The number of benzene rings is 3. The summed E-state index contributed by atoms with van der Waals surface area (Å²) >= 11 is 4.07. The van der Waals surface area contributed by atoms with Crippen molar-refractivity contribution < 1.29 is 0 Å². The Hall–Kier alpha value is -2.10. The van der Waals surface area contributed by atoms with E-state index in [1.54, 1.807) is 11.3 Å². The van der Waals surface area contributed by atoms with Crippen LogP contribution >= 0.6 is 34.2 Å². The molecule has 0 bridgehead atoms. The lowest BCUT2D eigenvalue weighted by Gasteiger charge is -2.22. The molecule has 0 atom stereocenters. The molecule has 4 heteroatoms. The third kappa shape index (κ3) is 3.19. The SMILES string of the molecule is CC(C)(C)c1ccc(N(I)c2cccc3c2sc2c(C#N)cccc23)cc1. The fourth-order valence-corrected chi connectivity index (χ4v) is 5.43. The van der Waals surface area contributed by atoms with E-state index >= 15 is 0 Å². The highest BCUT2D eigenvalue weighted by Gasteiger charge is 2.17. The Balaban J connectivity index is 1.85. The molecule has 1 heterocycles. The van der Waals surface area contributed by atoms with Gasteiger partial charge in [-0.3, -0.25) is 3.11 Å². The largest absolute Gasteiger partial charge is 0.282 e. The molecule has 0 spiro atoms. The van der Waals surface area contributed by atoms with E-state index in [1.165, 1.54) is 15.6 Å². The van der Waals surface area contributed by atoms with Crippen molar-refractivity contribution >= 4 is 65.7 Å². The highest BCUT2D eigenvalue weighted by molar-refractivity contribution is 14.1. The molecule has 3 aromatic carbocycles. The van der Waals surface area contributed by atoms with Crippen molar-refractivity contribution in [3.05, 3.63) is 71.8 Å². The molecule has 0 unspecified atom stereocenters. The Bertz CT molecular complexity index is 1180. The van der Waals surface area contributed by atoms with Gasteiger partial charge in [0, 0.05) is 10.8 Å². The average molecular weight is 482 g/mol. The molecule has 0 radical (unpaired) electrons. The highest BCUT2D eigenvalue weighted by atomic mass is 127. The summed E-state index contributed by atoms with van der Waals surface area (Å²) in [6.45, 7) is 6.69. The standard InChI is InChI=1S/C23H19IN2S/c1-23(2,3)16-10-12-17(13-11-16)26(24)20-9-5-8-19-18-7-4-6-15(14-25)21(18)27-22(19)20/h4-13H,1-3H3. The van der Waals surface area contributed by atoms with Crippen LogP contribution in [0.25, 0.3) is 20.2 Å². The van der Waals surface area contributed by atoms with Gasteiger partial charge in [-0.25, -0.2) is 0 Å². The molecule has 0 saturated heterocycles. The summed E-state index contributed by atoms with van der Waals surface area (Å²) in [6, 6.07) is 23.5. The molecule has 2 nitrogen and oxygen atoms in total. The van der Waals surface area contributed by atoms with Crippen LogP contribution in [-0.4, -0.2) is 0 Å². The second kappa shape index (κ2) is 6.81. The van der Waals surface area contributed by atoms with Crippen LogP contribution < -0.4 is 3.11 Å². The van der Waals surface area contributed by atoms with Crippen molar-refractivity contribution in [1.29, 1.82) is 5.26 Å². The molecule has 0 aliphatic rings. The van der Waals surface area contributed by atoms with Crippen molar-refractivity contribution in [3.8, 4) is 6.07 Å². The van der Waals surface area contributed by atoms with Gasteiger partial charge >= 0.3 is 0 Å². The third-order valence-corrected chi connectivity index (χ3v) is 7.15. The fourth-order valence-electron chi connectivity index (χ4n) is 3.28. The maximum Gasteiger partial charge on any atom is 0.101 e. The first-order valence-electron chi connectivity index (χ1n) is 8.81. The van der Waals surface area contributed by atoms with Gasteiger partial charge in [0.1, 0.15) is 6.07 Å². The number of nitrogens with zero attached hydrogens (tertiary/aromatic N) is 2. The van der Waals surface area contributed by atoms with E-state index in [2.05, 4.69) is 101 Å². The van der Waals surface area contributed by atoms with Crippen LogP contribution in [0.4, 0.5) is 11.4 Å². The van der Waals surface area contributed by atoms with Gasteiger partial charge in [0.15, 0.2) is 0 Å². The summed E-state index contributed by atoms with van der Waals surface area (Å²) in [5.74, 6) is 0. The van der Waals surface area contributed by atoms with E-state index in [0.29, 0.717) is 0 Å².